The van der Waals surface area contributed by atoms with Crippen molar-refractivity contribution in [3.05, 3.63) is 0 Å². The molecule has 3 N–H and O–H groups in total. The molecule has 12 heavy (non-hydrogen) atoms. The van der Waals surface area contributed by atoms with Crippen molar-refractivity contribution >= 4 is 17.8 Å². The SMILES string of the molecule is CC(=O)N[C@@H](CC(N)=O)C(=O)[O-]. The normalized spacial score (nSPS) is 11.8. The van der Waals surface area contributed by atoms with Crippen molar-refractivity contribution in [2.45, 2.75) is 19.4 Å². The monoisotopic (exact) mass is 173 g/mol. The molecule has 0 spiro atoms. The van der Waals surface area contributed by atoms with Crippen molar-refractivity contribution < 1.29 is 19.5 Å². The van der Waals surface area contributed by atoms with Gasteiger partial charge in [0.25, 0.3) is 0 Å². The lowest BCUT2D eigenvalue weighted by Crippen LogP contribution is -2.49. The predicted octanol–water partition coefficient (Wildman–Crippen LogP) is -2.88. The summed E-state index contributed by atoms with van der Waals surface area (Å²) in [6, 6.07) is -1.33. The Labute approximate surface area is 68.7 Å². The molecule has 0 unspecified atom stereocenters. The highest BCUT2D eigenvalue weighted by Gasteiger charge is 2.13. The van der Waals surface area contributed by atoms with Crippen molar-refractivity contribution in [1.82, 2.24) is 5.32 Å². The maximum Gasteiger partial charge on any atom is 0.219 e. The number of nitrogens with two attached hydrogens (primary N) is 1. The molecular formula is C6H9N2O4-. The van der Waals surface area contributed by atoms with Crippen LogP contribution >= 0.6 is 0 Å². The van der Waals surface area contributed by atoms with Gasteiger partial charge < -0.3 is 21.0 Å². The molecule has 0 aromatic heterocycles. The largest absolute Gasteiger partial charge is 0.548 e. The van der Waals surface area contributed by atoms with Crippen LogP contribution in [0.3, 0.4) is 0 Å². The van der Waals surface area contributed by atoms with Gasteiger partial charge in [-0.15, -0.1) is 0 Å². The average molecular weight is 173 g/mol. The maximum absolute atomic E-state index is 10.4. The highest BCUT2D eigenvalue weighted by atomic mass is 16.4. The first-order chi connectivity index (χ1) is 5.43. The van der Waals surface area contributed by atoms with E-state index < -0.39 is 30.2 Å². The summed E-state index contributed by atoms with van der Waals surface area (Å²) < 4.78 is 0. The van der Waals surface area contributed by atoms with Gasteiger partial charge in [0.1, 0.15) is 0 Å². The van der Waals surface area contributed by atoms with E-state index in [9.17, 15) is 19.5 Å². The van der Waals surface area contributed by atoms with E-state index >= 15 is 0 Å². The number of aliphatic carboxylic acids is 1. The molecular weight excluding hydrogens is 164 g/mol. The fourth-order valence-corrected chi connectivity index (χ4v) is 0.640. The zero-order valence-corrected chi connectivity index (χ0v) is 6.49. The van der Waals surface area contributed by atoms with E-state index in [1.54, 1.807) is 0 Å². The van der Waals surface area contributed by atoms with Crippen LogP contribution in [0.5, 0.6) is 0 Å². The smallest absolute Gasteiger partial charge is 0.219 e. The molecule has 0 rings (SSSR count). The maximum atomic E-state index is 10.4. The summed E-state index contributed by atoms with van der Waals surface area (Å²) in [6.45, 7) is 1.14. The fourth-order valence-electron chi connectivity index (χ4n) is 0.640. The Kier molecular flexibility index (Phi) is 3.75. The van der Waals surface area contributed by atoms with Gasteiger partial charge in [0.05, 0.1) is 18.4 Å². The topological polar surface area (TPSA) is 112 Å². The summed E-state index contributed by atoms with van der Waals surface area (Å²) >= 11 is 0. The molecule has 68 valence electrons. The summed E-state index contributed by atoms with van der Waals surface area (Å²) in [5.74, 6) is -2.88. The van der Waals surface area contributed by atoms with Crippen molar-refractivity contribution in [1.29, 1.82) is 0 Å². The highest BCUT2D eigenvalue weighted by Crippen LogP contribution is 1.88. The Bertz CT molecular complexity index is 198. The van der Waals surface area contributed by atoms with Crippen LogP contribution in [0, 0.1) is 0 Å². The summed E-state index contributed by atoms with van der Waals surface area (Å²) in [7, 11) is 0. The predicted molar refractivity (Wildman–Crippen MR) is 36.4 cm³/mol. The van der Waals surface area contributed by atoms with Gasteiger partial charge in [-0.2, -0.15) is 0 Å². The molecule has 1 atom stereocenters. The Morgan fingerprint density at radius 3 is 2.25 bits per heavy atom. The van der Waals surface area contributed by atoms with Gasteiger partial charge in [-0.25, -0.2) is 0 Å². The Hall–Kier alpha value is -1.59. The van der Waals surface area contributed by atoms with Gasteiger partial charge in [-0.3, -0.25) is 9.59 Å². The number of primary amides is 1. The van der Waals surface area contributed by atoms with Crippen molar-refractivity contribution in [3.63, 3.8) is 0 Å². The number of carbonyl (C=O) groups is 3. The van der Waals surface area contributed by atoms with Gasteiger partial charge >= 0.3 is 0 Å². The van der Waals surface area contributed by atoms with E-state index in [1.165, 1.54) is 0 Å². The number of hydrogen-bond acceptors (Lipinski definition) is 4. The van der Waals surface area contributed by atoms with Gasteiger partial charge in [-0.1, -0.05) is 0 Å². The minimum absolute atomic E-state index is 0.456. The zero-order valence-electron chi connectivity index (χ0n) is 6.49. The van der Waals surface area contributed by atoms with Crippen LogP contribution in [0.4, 0.5) is 0 Å². The second-order valence-electron chi connectivity index (χ2n) is 2.24. The lowest BCUT2D eigenvalue weighted by atomic mass is 10.2. The van der Waals surface area contributed by atoms with Crippen molar-refractivity contribution in [2.24, 2.45) is 5.73 Å². The van der Waals surface area contributed by atoms with Crippen molar-refractivity contribution in [3.8, 4) is 0 Å². The van der Waals surface area contributed by atoms with Crippen LogP contribution in [0.25, 0.3) is 0 Å². The number of nitrogens with one attached hydrogen (secondary N) is 1. The third-order valence-electron chi connectivity index (χ3n) is 1.07. The second kappa shape index (κ2) is 4.32. The number of hydrogen-bond donors (Lipinski definition) is 2. The summed E-state index contributed by atoms with van der Waals surface area (Å²) in [5.41, 5.74) is 4.73. The fraction of sp³-hybridized carbons (Fsp3) is 0.500. The molecule has 0 heterocycles. The van der Waals surface area contributed by atoms with Gasteiger partial charge in [0.15, 0.2) is 0 Å². The second-order valence-corrected chi connectivity index (χ2v) is 2.24. The molecule has 0 bridgehead atoms. The van der Waals surface area contributed by atoms with Gasteiger partial charge in [0, 0.05) is 6.92 Å². The van der Waals surface area contributed by atoms with E-state index in [2.05, 4.69) is 0 Å². The van der Waals surface area contributed by atoms with Crippen LogP contribution < -0.4 is 16.2 Å². The average Bonchev–Trinajstić information content (AvgIpc) is 1.83. The summed E-state index contributed by atoms with van der Waals surface area (Å²) in [5, 5.41) is 12.2. The first-order valence-electron chi connectivity index (χ1n) is 3.19. The molecule has 0 aliphatic carbocycles. The standard InChI is InChI=1S/C6H10N2O4/c1-3(9)8-4(6(11)12)2-5(7)10/h4H,2H2,1H3,(H2,7,10)(H,8,9)(H,11,12)/p-1/t4-/m0/s1. The first kappa shape index (κ1) is 10.4. The van der Waals surface area contributed by atoms with Crippen LogP contribution in [-0.4, -0.2) is 23.8 Å². The van der Waals surface area contributed by atoms with E-state index in [4.69, 9.17) is 5.73 Å². The zero-order chi connectivity index (χ0) is 9.72. The van der Waals surface area contributed by atoms with E-state index in [-0.39, 0.29) is 0 Å². The molecule has 0 aliphatic rings. The summed E-state index contributed by atoms with van der Waals surface area (Å²) in [6.07, 6.45) is -0.456. The van der Waals surface area contributed by atoms with Crippen LogP contribution in [0.15, 0.2) is 0 Å². The molecule has 0 fully saturated rings. The number of carboxylic acid groups (broad SMARTS) is 1. The molecule has 0 saturated carbocycles. The lowest BCUT2D eigenvalue weighted by molar-refractivity contribution is -0.308. The van der Waals surface area contributed by atoms with Crippen LogP contribution in [-0.2, 0) is 14.4 Å². The van der Waals surface area contributed by atoms with Gasteiger partial charge in [-0.05, 0) is 0 Å². The molecule has 0 saturated heterocycles. The minimum atomic E-state index is -1.52. The van der Waals surface area contributed by atoms with E-state index in [0.717, 1.165) is 6.92 Å². The van der Waals surface area contributed by atoms with Gasteiger partial charge in [0.2, 0.25) is 11.8 Å². The molecule has 0 aromatic carbocycles. The number of amides is 2. The molecule has 0 aromatic rings. The van der Waals surface area contributed by atoms with Crippen molar-refractivity contribution in [2.75, 3.05) is 0 Å². The highest BCUT2D eigenvalue weighted by molar-refractivity contribution is 5.86. The lowest BCUT2D eigenvalue weighted by Gasteiger charge is -2.16. The summed E-state index contributed by atoms with van der Waals surface area (Å²) in [4.78, 5) is 30.9. The molecule has 0 aliphatic heterocycles. The number of rotatable bonds is 4. The van der Waals surface area contributed by atoms with Crippen LogP contribution in [0.2, 0.25) is 0 Å². The molecule has 0 radical (unpaired) electrons. The van der Waals surface area contributed by atoms with E-state index in [1.807, 2.05) is 5.32 Å². The number of carboxylic acids is 1. The van der Waals surface area contributed by atoms with E-state index in [0.29, 0.717) is 0 Å². The molecule has 6 nitrogen and oxygen atoms in total. The molecule has 2 amide bonds. The minimum Gasteiger partial charge on any atom is -0.548 e. The molecule has 6 heteroatoms. The third kappa shape index (κ3) is 4.26. The quantitative estimate of drug-likeness (QED) is 0.475. The Balaban J connectivity index is 4.14. The third-order valence-corrected chi connectivity index (χ3v) is 1.07. The number of carbonyl (C=O) groups excluding carboxylic acids is 3. The Morgan fingerprint density at radius 1 is 1.50 bits per heavy atom. The van der Waals surface area contributed by atoms with Crippen LogP contribution in [0.1, 0.15) is 13.3 Å². The first-order valence-corrected chi connectivity index (χ1v) is 3.19. The Morgan fingerprint density at radius 2 is 2.00 bits per heavy atom.